The highest BCUT2D eigenvalue weighted by Crippen LogP contribution is 2.38. The van der Waals surface area contributed by atoms with Crippen LogP contribution in [0.15, 0.2) is 54.6 Å². The summed E-state index contributed by atoms with van der Waals surface area (Å²) in [4.78, 5) is 28.4. The monoisotopic (exact) mass is 436 g/mol. The molecule has 3 atom stereocenters. The van der Waals surface area contributed by atoms with Gasteiger partial charge in [-0.3, -0.25) is 9.59 Å². The highest BCUT2D eigenvalue weighted by Gasteiger charge is 2.48. The fourth-order valence-corrected chi connectivity index (χ4v) is 5.00. The third-order valence-corrected chi connectivity index (χ3v) is 6.94. The number of benzene rings is 2. The first kappa shape index (κ1) is 22.3. The fourth-order valence-electron chi connectivity index (χ4n) is 5.00. The standard InChI is InChI=1S/C26H32N2O4/c1-26(31)16-17-28(25(30)20-12-14-21(32-2)15-13-20)22(18-8-4-3-5-9-18)23(26)27-24(29)19-10-6-7-11-19/h3-5,8-9,12-15,19,22-23,31H,6-7,10-11,16-17H2,1-2H3,(H,27,29). The quantitative estimate of drug-likeness (QED) is 0.749. The largest absolute Gasteiger partial charge is 0.497 e. The summed E-state index contributed by atoms with van der Waals surface area (Å²) in [5, 5.41) is 14.5. The normalized spacial score (nSPS) is 26.0. The van der Waals surface area contributed by atoms with Gasteiger partial charge in [-0.2, -0.15) is 0 Å². The molecule has 32 heavy (non-hydrogen) atoms. The second-order valence-corrected chi connectivity index (χ2v) is 9.16. The number of ether oxygens (including phenoxy) is 1. The molecule has 2 aromatic carbocycles. The van der Waals surface area contributed by atoms with Crippen LogP contribution in [0.1, 0.15) is 61.0 Å². The van der Waals surface area contributed by atoms with E-state index >= 15 is 0 Å². The first-order valence-corrected chi connectivity index (χ1v) is 11.4. The molecule has 0 spiro atoms. The minimum atomic E-state index is -1.13. The fraction of sp³-hybridized carbons (Fsp3) is 0.462. The van der Waals surface area contributed by atoms with Gasteiger partial charge in [-0.1, -0.05) is 43.2 Å². The Morgan fingerprint density at radius 2 is 1.72 bits per heavy atom. The molecule has 3 unspecified atom stereocenters. The van der Waals surface area contributed by atoms with Gasteiger partial charge in [0.2, 0.25) is 5.91 Å². The molecule has 2 N–H and O–H groups in total. The summed E-state index contributed by atoms with van der Waals surface area (Å²) < 4.78 is 5.22. The number of aliphatic hydroxyl groups is 1. The van der Waals surface area contributed by atoms with E-state index in [0.29, 0.717) is 24.3 Å². The minimum absolute atomic E-state index is 0.0186. The van der Waals surface area contributed by atoms with Gasteiger partial charge in [0.05, 0.1) is 24.8 Å². The highest BCUT2D eigenvalue weighted by atomic mass is 16.5. The Kier molecular flexibility index (Phi) is 6.51. The molecule has 6 heteroatoms. The third-order valence-electron chi connectivity index (χ3n) is 6.94. The number of nitrogens with zero attached hydrogens (tertiary/aromatic N) is 1. The Labute approximate surface area is 189 Å². The van der Waals surface area contributed by atoms with E-state index in [1.165, 1.54) is 0 Å². The molecule has 0 radical (unpaired) electrons. The van der Waals surface area contributed by atoms with Crippen LogP contribution in [0.25, 0.3) is 0 Å². The summed E-state index contributed by atoms with van der Waals surface area (Å²) in [6, 6.07) is 15.6. The van der Waals surface area contributed by atoms with Crippen molar-refractivity contribution in [3.8, 4) is 5.75 Å². The lowest BCUT2D eigenvalue weighted by Gasteiger charge is -2.49. The van der Waals surface area contributed by atoms with Crippen molar-refractivity contribution >= 4 is 11.8 Å². The number of hydrogen-bond acceptors (Lipinski definition) is 4. The molecule has 1 saturated heterocycles. The number of rotatable bonds is 5. The Morgan fingerprint density at radius 3 is 2.34 bits per heavy atom. The first-order valence-electron chi connectivity index (χ1n) is 11.4. The lowest BCUT2D eigenvalue weighted by Crippen LogP contribution is -2.63. The van der Waals surface area contributed by atoms with Crippen LogP contribution < -0.4 is 10.1 Å². The van der Waals surface area contributed by atoms with Gasteiger partial charge in [-0.05, 0) is 56.0 Å². The first-order chi connectivity index (χ1) is 15.4. The van der Waals surface area contributed by atoms with Crippen LogP contribution >= 0.6 is 0 Å². The number of methoxy groups -OCH3 is 1. The maximum Gasteiger partial charge on any atom is 0.254 e. The van der Waals surface area contributed by atoms with Crippen LogP contribution in [-0.4, -0.2) is 47.1 Å². The van der Waals surface area contributed by atoms with Crippen LogP contribution in [0.2, 0.25) is 0 Å². The van der Waals surface area contributed by atoms with Crippen molar-refractivity contribution in [2.45, 2.75) is 56.7 Å². The molecule has 2 fully saturated rings. The van der Waals surface area contributed by atoms with E-state index in [1.807, 2.05) is 30.3 Å². The summed E-state index contributed by atoms with van der Waals surface area (Å²) in [7, 11) is 1.59. The molecule has 0 bridgehead atoms. The number of carbonyl (C=O) groups is 2. The van der Waals surface area contributed by atoms with Gasteiger partial charge in [0.1, 0.15) is 5.75 Å². The van der Waals surface area contributed by atoms with Gasteiger partial charge in [0.15, 0.2) is 0 Å². The number of amides is 2. The van der Waals surface area contributed by atoms with Crippen molar-refractivity contribution in [1.82, 2.24) is 10.2 Å². The molecular weight excluding hydrogens is 404 g/mol. The maximum absolute atomic E-state index is 13.6. The van der Waals surface area contributed by atoms with Crippen molar-refractivity contribution in [3.05, 3.63) is 65.7 Å². The molecule has 4 rings (SSSR count). The van der Waals surface area contributed by atoms with E-state index in [4.69, 9.17) is 4.74 Å². The minimum Gasteiger partial charge on any atom is -0.497 e. The molecule has 2 aliphatic rings. The Morgan fingerprint density at radius 1 is 1.06 bits per heavy atom. The molecular formula is C26H32N2O4. The smallest absolute Gasteiger partial charge is 0.254 e. The Balaban J connectivity index is 1.68. The number of hydrogen-bond donors (Lipinski definition) is 2. The molecule has 6 nitrogen and oxygen atoms in total. The Hall–Kier alpha value is -2.86. The van der Waals surface area contributed by atoms with E-state index < -0.39 is 17.7 Å². The lowest BCUT2D eigenvalue weighted by atomic mass is 9.79. The van der Waals surface area contributed by atoms with E-state index in [1.54, 1.807) is 43.2 Å². The van der Waals surface area contributed by atoms with Crippen molar-refractivity contribution in [3.63, 3.8) is 0 Å². The van der Waals surface area contributed by atoms with E-state index in [2.05, 4.69) is 5.32 Å². The van der Waals surface area contributed by atoms with Gasteiger partial charge in [-0.25, -0.2) is 0 Å². The van der Waals surface area contributed by atoms with Gasteiger partial charge >= 0.3 is 0 Å². The van der Waals surface area contributed by atoms with E-state index in [9.17, 15) is 14.7 Å². The number of likely N-dealkylation sites (tertiary alicyclic amines) is 1. The third kappa shape index (κ3) is 4.51. The molecule has 1 aliphatic carbocycles. The van der Waals surface area contributed by atoms with Crippen molar-refractivity contribution in [2.75, 3.05) is 13.7 Å². The topological polar surface area (TPSA) is 78.9 Å². The van der Waals surface area contributed by atoms with Crippen LogP contribution in [0.3, 0.4) is 0 Å². The average Bonchev–Trinajstić information content (AvgIpc) is 3.35. The summed E-state index contributed by atoms with van der Waals surface area (Å²) in [5.41, 5.74) is 0.311. The van der Waals surface area contributed by atoms with Crippen molar-refractivity contribution in [2.24, 2.45) is 5.92 Å². The maximum atomic E-state index is 13.6. The van der Waals surface area contributed by atoms with Crippen LogP contribution in [0.5, 0.6) is 5.75 Å². The molecule has 2 aromatic rings. The van der Waals surface area contributed by atoms with Crippen LogP contribution in [-0.2, 0) is 4.79 Å². The predicted octanol–water partition coefficient (Wildman–Crippen LogP) is 3.71. The van der Waals surface area contributed by atoms with Gasteiger partial charge in [-0.15, -0.1) is 0 Å². The number of piperidine rings is 1. The second kappa shape index (κ2) is 9.33. The molecule has 2 amide bonds. The van der Waals surface area contributed by atoms with Gasteiger partial charge < -0.3 is 20.1 Å². The van der Waals surface area contributed by atoms with Crippen LogP contribution in [0.4, 0.5) is 0 Å². The molecule has 1 aliphatic heterocycles. The summed E-state index contributed by atoms with van der Waals surface area (Å²) >= 11 is 0. The summed E-state index contributed by atoms with van der Waals surface area (Å²) in [5.74, 6) is 0.518. The zero-order chi connectivity index (χ0) is 22.7. The predicted molar refractivity (Wildman–Crippen MR) is 122 cm³/mol. The molecule has 0 aromatic heterocycles. The number of nitrogens with one attached hydrogen (secondary N) is 1. The molecule has 170 valence electrons. The van der Waals surface area contributed by atoms with E-state index in [-0.39, 0.29) is 17.7 Å². The molecule has 1 heterocycles. The molecule has 1 saturated carbocycles. The lowest BCUT2D eigenvalue weighted by molar-refractivity contribution is -0.131. The summed E-state index contributed by atoms with van der Waals surface area (Å²) in [6.07, 6.45) is 4.26. The number of carbonyl (C=O) groups excluding carboxylic acids is 2. The summed E-state index contributed by atoms with van der Waals surface area (Å²) in [6.45, 7) is 2.16. The Bertz CT molecular complexity index is 936. The van der Waals surface area contributed by atoms with Gasteiger partial charge in [0.25, 0.3) is 5.91 Å². The average molecular weight is 437 g/mol. The zero-order valence-electron chi connectivity index (χ0n) is 18.8. The van der Waals surface area contributed by atoms with Crippen LogP contribution in [0, 0.1) is 5.92 Å². The van der Waals surface area contributed by atoms with E-state index in [0.717, 1.165) is 31.2 Å². The van der Waals surface area contributed by atoms with Gasteiger partial charge in [0, 0.05) is 18.0 Å². The van der Waals surface area contributed by atoms with Crippen molar-refractivity contribution in [1.29, 1.82) is 0 Å². The van der Waals surface area contributed by atoms with Crippen molar-refractivity contribution < 1.29 is 19.4 Å². The SMILES string of the molecule is COc1ccc(C(=O)N2CCC(C)(O)C(NC(=O)C3CCCC3)C2c2ccccc2)cc1. The highest BCUT2D eigenvalue weighted by molar-refractivity contribution is 5.95. The second-order valence-electron chi connectivity index (χ2n) is 9.16. The zero-order valence-corrected chi connectivity index (χ0v) is 18.8.